The van der Waals surface area contributed by atoms with E-state index in [4.69, 9.17) is 5.10 Å². The van der Waals surface area contributed by atoms with Gasteiger partial charge in [0.2, 0.25) is 0 Å². The van der Waals surface area contributed by atoms with Crippen molar-refractivity contribution in [2.45, 2.75) is 46.6 Å². The molecule has 2 rings (SSSR count). The van der Waals surface area contributed by atoms with Gasteiger partial charge in [-0.25, -0.2) is 0 Å². The van der Waals surface area contributed by atoms with Gasteiger partial charge in [-0.15, -0.1) is 0 Å². The van der Waals surface area contributed by atoms with E-state index in [9.17, 15) is 0 Å². The van der Waals surface area contributed by atoms with Gasteiger partial charge in [0.05, 0.1) is 12.2 Å². The summed E-state index contributed by atoms with van der Waals surface area (Å²) in [6, 6.07) is 8.90. The molecule has 0 atom stereocenters. The third-order valence-corrected chi connectivity index (χ3v) is 4.14. The largest absolute Gasteiger partial charge is 0.319 e. The zero-order valence-electron chi connectivity index (χ0n) is 13.9. The number of nitrogens with zero attached hydrogens (tertiary/aromatic N) is 2. The number of aromatic nitrogens is 2. The molecule has 1 aromatic heterocycles. The van der Waals surface area contributed by atoms with Gasteiger partial charge in [0, 0.05) is 5.69 Å². The summed E-state index contributed by atoms with van der Waals surface area (Å²) in [6.45, 7) is 10.6. The smallest absolute Gasteiger partial charge is 0.0662 e. The van der Waals surface area contributed by atoms with E-state index in [1.54, 1.807) is 0 Å². The molecule has 0 saturated carbocycles. The van der Waals surface area contributed by atoms with Crippen LogP contribution in [-0.4, -0.2) is 23.4 Å². The molecule has 0 amide bonds. The SMILES string of the molecule is CNCCc1c(C)nn(Cc2ccc(C(C)C)cc2)c1C. The first-order valence-corrected chi connectivity index (χ1v) is 7.79. The highest BCUT2D eigenvalue weighted by Crippen LogP contribution is 2.18. The summed E-state index contributed by atoms with van der Waals surface area (Å²) >= 11 is 0. The first kappa shape index (κ1) is 15.8. The predicted octanol–water partition coefficient (Wildman–Crippen LogP) is 3.43. The average Bonchev–Trinajstić information content (AvgIpc) is 2.72. The summed E-state index contributed by atoms with van der Waals surface area (Å²) in [5, 5.41) is 7.91. The number of likely N-dealkylation sites (N-methyl/N-ethyl adjacent to an activating group) is 1. The topological polar surface area (TPSA) is 29.9 Å². The molecule has 1 N–H and O–H groups in total. The zero-order valence-corrected chi connectivity index (χ0v) is 13.9. The van der Waals surface area contributed by atoms with Gasteiger partial charge in [0.15, 0.2) is 0 Å². The van der Waals surface area contributed by atoms with Crippen LogP contribution in [0, 0.1) is 13.8 Å². The van der Waals surface area contributed by atoms with E-state index in [2.05, 4.69) is 62.0 Å². The third kappa shape index (κ3) is 3.73. The number of hydrogen-bond acceptors (Lipinski definition) is 2. The lowest BCUT2D eigenvalue weighted by Crippen LogP contribution is -2.11. The Balaban J connectivity index is 2.16. The minimum Gasteiger partial charge on any atom is -0.319 e. The predicted molar refractivity (Wildman–Crippen MR) is 89.0 cm³/mol. The van der Waals surface area contributed by atoms with Gasteiger partial charge in [0.1, 0.15) is 0 Å². The van der Waals surface area contributed by atoms with Crippen molar-refractivity contribution >= 4 is 0 Å². The Kier molecular flexibility index (Phi) is 5.18. The van der Waals surface area contributed by atoms with Crippen molar-refractivity contribution in [3.05, 3.63) is 52.3 Å². The van der Waals surface area contributed by atoms with Crippen molar-refractivity contribution in [1.29, 1.82) is 0 Å². The van der Waals surface area contributed by atoms with Crippen LogP contribution in [0.25, 0.3) is 0 Å². The van der Waals surface area contributed by atoms with Gasteiger partial charge in [-0.05, 0) is 56.5 Å². The Morgan fingerprint density at radius 3 is 2.38 bits per heavy atom. The molecule has 2 aromatic rings. The molecule has 3 nitrogen and oxygen atoms in total. The van der Waals surface area contributed by atoms with Crippen LogP contribution in [0.4, 0.5) is 0 Å². The Morgan fingerprint density at radius 1 is 1.14 bits per heavy atom. The number of rotatable bonds is 6. The monoisotopic (exact) mass is 285 g/mol. The number of aryl methyl sites for hydroxylation is 1. The highest BCUT2D eigenvalue weighted by atomic mass is 15.3. The van der Waals surface area contributed by atoms with Crippen molar-refractivity contribution in [1.82, 2.24) is 15.1 Å². The maximum Gasteiger partial charge on any atom is 0.0662 e. The summed E-state index contributed by atoms with van der Waals surface area (Å²) in [5.74, 6) is 0.584. The maximum absolute atomic E-state index is 4.70. The molecule has 114 valence electrons. The fourth-order valence-corrected chi connectivity index (χ4v) is 2.68. The molecule has 3 heteroatoms. The third-order valence-electron chi connectivity index (χ3n) is 4.14. The zero-order chi connectivity index (χ0) is 15.4. The number of nitrogens with one attached hydrogen (secondary N) is 1. The van der Waals surface area contributed by atoms with Crippen LogP contribution in [0.15, 0.2) is 24.3 Å². The summed E-state index contributed by atoms with van der Waals surface area (Å²) in [5.41, 5.74) is 6.52. The number of benzene rings is 1. The van der Waals surface area contributed by atoms with Gasteiger partial charge >= 0.3 is 0 Å². The minimum absolute atomic E-state index is 0.584. The molecule has 0 radical (unpaired) electrons. The fraction of sp³-hybridized carbons (Fsp3) is 0.500. The average molecular weight is 285 g/mol. The van der Waals surface area contributed by atoms with Crippen LogP contribution in [0.5, 0.6) is 0 Å². The van der Waals surface area contributed by atoms with E-state index in [-0.39, 0.29) is 0 Å². The van der Waals surface area contributed by atoms with Gasteiger partial charge in [0.25, 0.3) is 0 Å². The molecule has 0 bridgehead atoms. The fourth-order valence-electron chi connectivity index (χ4n) is 2.68. The molecular formula is C18H27N3. The molecule has 0 aliphatic carbocycles. The lowest BCUT2D eigenvalue weighted by molar-refractivity contribution is 0.657. The summed E-state index contributed by atoms with van der Waals surface area (Å²) in [7, 11) is 1.99. The second kappa shape index (κ2) is 6.90. The van der Waals surface area contributed by atoms with E-state index in [1.807, 2.05) is 7.05 Å². The summed E-state index contributed by atoms with van der Waals surface area (Å²) < 4.78 is 2.13. The molecule has 21 heavy (non-hydrogen) atoms. The van der Waals surface area contributed by atoms with Crippen LogP contribution < -0.4 is 5.32 Å². The first-order chi connectivity index (χ1) is 10.0. The lowest BCUT2D eigenvalue weighted by atomic mass is 10.0. The molecule has 0 fully saturated rings. The van der Waals surface area contributed by atoms with Gasteiger partial charge in [-0.3, -0.25) is 4.68 Å². The normalized spacial score (nSPS) is 11.3. The molecule has 0 spiro atoms. The molecule has 0 saturated heterocycles. The molecular weight excluding hydrogens is 258 g/mol. The van der Waals surface area contributed by atoms with Crippen molar-refractivity contribution in [2.24, 2.45) is 0 Å². The molecule has 0 unspecified atom stereocenters. The second-order valence-electron chi connectivity index (χ2n) is 6.06. The van der Waals surface area contributed by atoms with Crippen LogP contribution >= 0.6 is 0 Å². The molecule has 1 heterocycles. The second-order valence-corrected chi connectivity index (χ2v) is 6.06. The quantitative estimate of drug-likeness (QED) is 0.881. The lowest BCUT2D eigenvalue weighted by Gasteiger charge is -2.09. The van der Waals surface area contributed by atoms with Gasteiger partial charge in [-0.2, -0.15) is 5.10 Å². The van der Waals surface area contributed by atoms with Crippen molar-refractivity contribution in [3.63, 3.8) is 0 Å². The minimum atomic E-state index is 0.584. The van der Waals surface area contributed by atoms with Crippen molar-refractivity contribution in [3.8, 4) is 0 Å². The highest BCUT2D eigenvalue weighted by molar-refractivity contribution is 5.28. The van der Waals surface area contributed by atoms with Crippen LogP contribution in [0.2, 0.25) is 0 Å². The van der Waals surface area contributed by atoms with Crippen molar-refractivity contribution in [2.75, 3.05) is 13.6 Å². The Morgan fingerprint density at radius 2 is 1.81 bits per heavy atom. The summed E-state index contributed by atoms with van der Waals surface area (Å²) in [6.07, 6.45) is 1.04. The maximum atomic E-state index is 4.70. The first-order valence-electron chi connectivity index (χ1n) is 7.79. The van der Waals surface area contributed by atoms with E-state index < -0.39 is 0 Å². The van der Waals surface area contributed by atoms with E-state index >= 15 is 0 Å². The van der Waals surface area contributed by atoms with E-state index in [1.165, 1.54) is 22.4 Å². The van der Waals surface area contributed by atoms with Gasteiger partial charge in [-0.1, -0.05) is 38.1 Å². The standard InChI is InChI=1S/C18H27N3/c1-13(2)17-8-6-16(7-9-17)12-21-15(4)18(10-11-19-5)14(3)20-21/h6-9,13,19H,10-12H2,1-5H3. The number of hydrogen-bond donors (Lipinski definition) is 1. The van der Waals surface area contributed by atoms with Gasteiger partial charge < -0.3 is 5.32 Å². The molecule has 1 aromatic carbocycles. The highest BCUT2D eigenvalue weighted by Gasteiger charge is 2.11. The Labute approximate surface area is 128 Å². The molecule has 0 aliphatic heterocycles. The Hall–Kier alpha value is -1.61. The van der Waals surface area contributed by atoms with Crippen LogP contribution in [0.1, 0.15) is 47.8 Å². The van der Waals surface area contributed by atoms with Crippen LogP contribution in [0.3, 0.4) is 0 Å². The van der Waals surface area contributed by atoms with E-state index in [0.717, 1.165) is 25.2 Å². The summed E-state index contributed by atoms with van der Waals surface area (Å²) in [4.78, 5) is 0. The Bertz CT molecular complexity index is 579. The van der Waals surface area contributed by atoms with E-state index in [0.29, 0.717) is 5.92 Å². The van der Waals surface area contributed by atoms with Crippen molar-refractivity contribution < 1.29 is 0 Å². The van der Waals surface area contributed by atoms with Crippen LogP contribution in [-0.2, 0) is 13.0 Å². The molecule has 0 aliphatic rings.